The fourth-order valence-electron chi connectivity index (χ4n) is 3.89. The van der Waals surface area contributed by atoms with Crippen molar-refractivity contribution in [3.05, 3.63) is 78.4 Å². The Morgan fingerprint density at radius 2 is 1.64 bits per heavy atom. The van der Waals surface area contributed by atoms with E-state index in [2.05, 4.69) is 5.10 Å². The number of benzene rings is 2. The summed E-state index contributed by atoms with van der Waals surface area (Å²) in [5, 5.41) is 5.87. The molecule has 124 valence electrons. The van der Waals surface area contributed by atoms with Crippen molar-refractivity contribution in [1.82, 2.24) is 0 Å². The number of ketones is 1. The summed E-state index contributed by atoms with van der Waals surface area (Å²) in [7, 11) is 0. The summed E-state index contributed by atoms with van der Waals surface area (Å²) in [6.07, 6.45) is 4.03. The van der Waals surface area contributed by atoms with Crippen molar-refractivity contribution >= 4 is 23.1 Å². The summed E-state index contributed by atoms with van der Waals surface area (Å²) in [5.41, 5.74) is 0.979. The number of allylic oxidation sites excluding steroid dienone is 2. The van der Waals surface area contributed by atoms with E-state index in [1.807, 2.05) is 66.7 Å². The van der Waals surface area contributed by atoms with Gasteiger partial charge in [0.05, 0.1) is 11.4 Å². The highest BCUT2D eigenvalue weighted by atomic mass is 16.2. The molecular weight excluding hydrogens is 312 g/mol. The van der Waals surface area contributed by atoms with Gasteiger partial charge < -0.3 is 0 Å². The molecule has 0 saturated carbocycles. The molecule has 0 bridgehead atoms. The average molecular weight is 330 g/mol. The van der Waals surface area contributed by atoms with E-state index in [4.69, 9.17) is 0 Å². The number of anilines is 1. The van der Waals surface area contributed by atoms with Gasteiger partial charge in [-0.2, -0.15) is 10.1 Å². The molecule has 2 aromatic rings. The average Bonchev–Trinajstić information content (AvgIpc) is 2.91. The molecule has 25 heavy (non-hydrogen) atoms. The summed E-state index contributed by atoms with van der Waals surface area (Å²) in [6, 6.07) is 19.0. The Labute approximate surface area is 146 Å². The van der Waals surface area contributed by atoms with Gasteiger partial charge >= 0.3 is 0 Å². The summed E-state index contributed by atoms with van der Waals surface area (Å²) >= 11 is 0. The first-order valence-electron chi connectivity index (χ1n) is 8.37. The van der Waals surface area contributed by atoms with Crippen molar-refractivity contribution < 1.29 is 9.59 Å². The summed E-state index contributed by atoms with van der Waals surface area (Å²) in [6.45, 7) is 1.79. The van der Waals surface area contributed by atoms with Gasteiger partial charge in [-0.05, 0) is 37.1 Å². The second-order valence-corrected chi connectivity index (χ2v) is 6.41. The van der Waals surface area contributed by atoms with Crippen molar-refractivity contribution in [3.63, 3.8) is 0 Å². The molecule has 1 aliphatic carbocycles. The van der Waals surface area contributed by atoms with Crippen LogP contribution in [0.15, 0.2) is 77.9 Å². The molecule has 1 heterocycles. The van der Waals surface area contributed by atoms with Crippen LogP contribution in [0.2, 0.25) is 0 Å². The van der Waals surface area contributed by atoms with E-state index in [0.29, 0.717) is 17.8 Å². The van der Waals surface area contributed by atoms with Crippen LogP contribution in [0, 0.1) is 5.41 Å². The molecule has 0 fully saturated rings. The molecule has 0 unspecified atom stereocenters. The Balaban J connectivity index is 1.86. The second kappa shape index (κ2) is 5.81. The van der Waals surface area contributed by atoms with E-state index in [1.165, 1.54) is 11.1 Å². The highest BCUT2D eigenvalue weighted by Crippen LogP contribution is 2.48. The second-order valence-electron chi connectivity index (χ2n) is 6.41. The summed E-state index contributed by atoms with van der Waals surface area (Å²) in [5.74, 6) is -0.687. The van der Waals surface area contributed by atoms with Gasteiger partial charge in [0.25, 0.3) is 5.91 Å². The van der Waals surface area contributed by atoms with Crippen molar-refractivity contribution in [1.29, 1.82) is 0 Å². The molecule has 0 radical (unpaired) electrons. The van der Waals surface area contributed by atoms with Gasteiger partial charge in [-0.25, -0.2) is 0 Å². The molecule has 2 aromatic carbocycles. The minimum Gasteiger partial charge on any atom is -0.293 e. The third-order valence-corrected chi connectivity index (χ3v) is 5.11. The Hall–Kier alpha value is -3.01. The quantitative estimate of drug-likeness (QED) is 0.788. The lowest BCUT2D eigenvalue weighted by Gasteiger charge is -2.36. The van der Waals surface area contributed by atoms with Crippen LogP contribution in [0.4, 0.5) is 5.69 Å². The molecule has 4 nitrogen and oxygen atoms in total. The molecule has 1 aliphatic heterocycles. The van der Waals surface area contributed by atoms with Crippen LogP contribution in [0.25, 0.3) is 0 Å². The molecule has 1 amide bonds. The Bertz CT molecular complexity index is 887. The number of carbonyl (C=O) groups is 2. The lowest BCUT2D eigenvalue weighted by Crippen LogP contribution is -2.50. The Morgan fingerprint density at radius 1 is 1.00 bits per heavy atom. The number of hydrogen-bond acceptors (Lipinski definition) is 3. The van der Waals surface area contributed by atoms with E-state index in [1.54, 1.807) is 6.92 Å². The number of para-hydroxylation sites is 1. The maximum absolute atomic E-state index is 13.4. The molecule has 1 spiro atoms. The molecule has 2 aliphatic rings. The molecular formula is C21H18N2O2. The molecule has 2 atom stereocenters. The van der Waals surface area contributed by atoms with Crippen LogP contribution in [0.3, 0.4) is 0 Å². The van der Waals surface area contributed by atoms with Gasteiger partial charge in [0.15, 0.2) is 11.2 Å². The SMILES string of the molecule is CC1=NN(c2ccccc2)C(=O)[C@]12C(=O)C=CC[C@H]2c1ccccc1. The van der Waals surface area contributed by atoms with E-state index < -0.39 is 5.41 Å². The third kappa shape index (κ3) is 2.18. The van der Waals surface area contributed by atoms with E-state index in [0.717, 1.165) is 5.56 Å². The predicted molar refractivity (Wildman–Crippen MR) is 97.4 cm³/mol. The number of rotatable bonds is 2. The number of hydrogen-bond donors (Lipinski definition) is 0. The zero-order valence-electron chi connectivity index (χ0n) is 13.9. The number of hydrazone groups is 1. The molecule has 0 saturated heterocycles. The third-order valence-electron chi connectivity index (χ3n) is 5.11. The van der Waals surface area contributed by atoms with Crippen molar-refractivity contribution in [3.8, 4) is 0 Å². The highest BCUT2D eigenvalue weighted by Gasteiger charge is 2.60. The fourth-order valence-corrected chi connectivity index (χ4v) is 3.89. The van der Waals surface area contributed by atoms with Crippen molar-refractivity contribution in [2.45, 2.75) is 19.3 Å². The van der Waals surface area contributed by atoms with Gasteiger partial charge in [0, 0.05) is 5.92 Å². The van der Waals surface area contributed by atoms with Crippen molar-refractivity contribution in [2.75, 3.05) is 5.01 Å². The Morgan fingerprint density at radius 3 is 2.32 bits per heavy atom. The van der Waals surface area contributed by atoms with Crippen molar-refractivity contribution in [2.24, 2.45) is 10.5 Å². The topological polar surface area (TPSA) is 49.7 Å². The number of carbonyl (C=O) groups excluding carboxylic acids is 2. The minimum absolute atomic E-state index is 0.183. The van der Waals surface area contributed by atoms with E-state index in [-0.39, 0.29) is 17.6 Å². The molecule has 0 N–H and O–H groups in total. The lowest BCUT2D eigenvalue weighted by molar-refractivity contribution is -0.134. The van der Waals surface area contributed by atoms with Gasteiger partial charge in [0.2, 0.25) is 0 Å². The van der Waals surface area contributed by atoms with Crippen LogP contribution in [-0.4, -0.2) is 17.4 Å². The van der Waals surface area contributed by atoms with Gasteiger partial charge in [-0.15, -0.1) is 0 Å². The van der Waals surface area contributed by atoms with Crippen LogP contribution >= 0.6 is 0 Å². The van der Waals surface area contributed by atoms with E-state index in [9.17, 15) is 9.59 Å². The molecule has 0 aromatic heterocycles. The largest absolute Gasteiger partial charge is 0.293 e. The maximum Gasteiger partial charge on any atom is 0.267 e. The van der Waals surface area contributed by atoms with E-state index >= 15 is 0 Å². The molecule has 4 heteroatoms. The smallest absolute Gasteiger partial charge is 0.267 e. The van der Waals surface area contributed by atoms with Crippen LogP contribution in [0.5, 0.6) is 0 Å². The van der Waals surface area contributed by atoms with Gasteiger partial charge in [-0.1, -0.05) is 54.6 Å². The highest BCUT2D eigenvalue weighted by molar-refractivity contribution is 6.34. The van der Waals surface area contributed by atoms with Crippen LogP contribution in [-0.2, 0) is 9.59 Å². The normalized spacial score (nSPS) is 25.6. The fraction of sp³-hybridized carbons (Fsp3) is 0.190. The first kappa shape index (κ1) is 15.5. The predicted octanol–water partition coefficient (Wildman–Crippen LogP) is 3.71. The summed E-state index contributed by atoms with van der Waals surface area (Å²) < 4.78 is 0. The molecule has 4 rings (SSSR count). The first-order chi connectivity index (χ1) is 12.2. The standard InChI is InChI=1S/C21H18N2O2/c1-15-21(20(25)23(22-15)17-11-6-3-7-12-17)18(13-8-14-19(21)24)16-9-4-2-5-10-16/h2-12,14,18H,13H2,1H3/t18-,21+/m0/s1. The lowest BCUT2D eigenvalue weighted by atomic mass is 9.62. The Kier molecular flexibility index (Phi) is 3.61. The van der Waals surface area contributed by atoms with Gasteiger partial charge in [-0.3, -0.25) is 9.59 Å². The number of nitrogens with zero attached hydrogens (tertiary/aromatic N) is 2. The van der Waals surface area contributed by atoms with Gasteiger partial charge in [0.1, 0.15) is 0 Å². The minimum atomic E-state index is -1.24. The first-order valence-corrected chi connectivity index (χ1v) is 8.37. The monoisotopic (exact) mass is 330 g/mol. The van der Waals surface area contributed by atoms with Crippen LogP contribution < -0.4 is 5.01 Å². The summed E-state index contributed by atoms with van der Waals surface area (Å²) in [4.78, 5) is 26.4. The maximum atomic E-state index is 13.4. The van der Waals surface area contributed by atoms with Crippen LogP contribution in [0.1, 0.15) is 24.8 Å². The zero-order chi connectivity index (χ0) is 17.4. The zero-order valence-corrected chi connectivity index (χ0v) is 13.9. The number of amides is 1.